The van der Waals surface area contributed by atoms with Gasteiger partial charge in [0.1, 0.15) is 31.0 Å². The number of rotatable bonds is 6. The lowest BCUT2D eigenvalue weighted by atomic mass is 9.43. The van der Waals surface area contributed by atoms with Gasteiger partial charge in [0.2, 0.25) is 0 Å². The normalized spacial score (nSPS) is 53.2. The van der Waals surface area contributed by atoms with E-state index in [4.69, 9.17) is 23.7 Å². The molecule has 5 fully saturated rings. The minimum absolute atomic E-state index is 0.0432. The Labute approximate surface area is 242 Å². The van der Waals surface area contributed by atoms with Crippen LogP contribution in [0.15, 0.2) is 11.6 Å². The lowest BCUT2D eigenvalue weighted by Gasteiger charge is -2.63. The summed E-state index contributed by atoms with van der Waals surface area (Å²) in [4.78, 5) is 11.9. The highest BCUT2D eigenvalue weighted by Gasteiger charge is 2.70. The van der Waals surface area contributed by atoms with Gasteiger partial charge in [0, 0.05) is 38.0 Å². The molecule has 1 saturated heterocycles. The zero-order chi connectivity index (χ0) is 29.3. The minimum Gasteiger partial charge on any atom is -0.458 e. The lowest BCUT2D eigenvalue weighted by Crippen LogP contribution is -2.63. The van der Waals surface area contributed by atoms with Gasteiger partial charge in [-0.25, -0.2) is 4.79 Å². The summed E-state index contributed by atoms with van der Waals surface area (Å²) in [5, 5.41) is 44.0. The zero-order valence-electron chi connectivity index (χ0n) is 24.7. The molecule has 0 spiro atoms. The van der Waals surface area contributed by atoms with Crippen molar-refractivity contribution in [2.24, 2.45) is 34.5 Å². The molecule has 0 bridgehead atoms. The van der Waals surface area contributed by atoms with Gasteiger partial charge in [-0.15, -0.1) is 0 Å². The number of fused-ring (bicyclic) bond motifs is 5. The molecule has 2 heterocycles. The smallest absolute Gasteiger partial charge is 0.331 e. The molecule has 0 amide bonds. The van der Waals surface area contributed by atoms with Crippen LogP contribution < -0.4 is 0 Å². The molecule has 0 aromatic carbocycles. The van der Waals surface area contributed by atoms with Crippen molar-refractivity contribution in [3.63, 3.8) is 0 Å². The summed E-state index contributed by atoms with van der Waals surface area (Å²) in [5.74, 6) is 0.223. The van der Waals surface area contributed by atoms with E-state index in [2.05, 4.69) is 13.8 Å². The van der Waals surface area contributed by atoms with Crippen LogP contribution in [0.5, 0.6) is 0 Å². The highest BCUT2D eigenvalue weighted by atomic mass is 16.7. The molecule has 4 saturated carbocycles. The van der Waals surface area contributed by atoms with Gasteiger partial charge in [-0.1, -0.05) is 13.8 Å². The van der Waals surface area contributed by atoms with E-state index in [1.807, 2.05) is 0 Å². The number of carbonyl (C=O) groups excluding carboxylic acids is 1. The molecule has 4 N–H and O–H groups in total. The van der Waals surface area contributed by atoms with Crippen molar-refractivity contribution in [3.05, 3.63) is 11.6 Å². The summed E-state index contributed by atoms with van der Waals surface area (Å²) >= 11 is 0. The van der Waals surface area contributed by atoms with Gasteiger partial charge in [-0.2, -0.15) is 0 Å². The Morgan fingerprint density at radius 1 is 1.02 bits per heavy atom. The third kappa shape index (κ3) is 4.46. The maximum atomic E-state index is 12.5. The Balaban J connectivity index is 1.17. The Morgan fingerprint density at radius 2 is 1.78 bits per heavy atom. The van der Waals surface area contributed by atoms with Gasteiger partial charge < -0.3 is 44.1 Å². The summed E-state index contributed by atoms with van der Waals surface area (Å²) in [6.07, 6.45) is 3.54. The maximum absolute atomic E-state index is 12.5. The van der Waals surface area contributed by atoms with Crippen molar-refractivity contribution in [1.29, 1.82) is 0 Å². The van der Waals surface area contributed by atoms with Crippen LogP contribution in [0.1, 0.15) is 65.2 Å². The van der Waals surface area contributed by atoms with Gasteiger partial charge >= 0.3 is 5.97 Å². The summed E-state index contributed by atoms with van der Waals surface area (Å²) in [6.45, 7) is 4.37. The number of methoxy groups -OCH3 is 2. The average Bonchev–Trinajstić information content (AvgIpc) is 3.45. The molecule has 4 aliphatic carbocycles. The van der Waals surface area contributed by atoms with E-state index in [0.29, 0.717) is 18.3 Å². The van der Waals surface area contributed by atoms with Crippen molar-refractivity contribution >= 4 is 5.97 Å². The van der Waals surface area contributed by atoms with Gasteiger partial charge in [0.05, 0.1) is 24.4 Å². The predicted octanol–water partition coefficient (Wildman–Crippen LogP) is 1.71. The summed E-state index contributed by atoms with van der Waals surface area (Å²) in [6, 6.07) is 0. The van der Waals surface area contributed by atoms with E-state index in [9.17, 15) is 25.2 Å². The summed E-state index contributed by atoms with van der Waals surface area (Å²) in [7, 11) is 3.05. The first-order chi connectivity index (χ1) is 19.5. The van der Waals surface area contributed by atoms with Gasteiger partial charge in [0.25, 0.3) is 0 Å². The highest BCUT2D eigenvalue weighted by Crippen LogP contribution is 2.70. The number of hydrogen-bond acceptors (Lipinski definition) is 10. The summed E-state index contributed by atoms with van der Waals surface area (Å²) < 4.78 is 28.8. The third-order valence-corrected chi connectivity index (χ3v) is 12.6. The molecule has 41 heavy (non-hydrogen) atoms. The molecule has 6 rings (SSSR count). The van der Waals surface area contributed by atoms with Crippen molar-refractivity contribution in [2.45, 2.75) is 114 Å². The molecule has 0 aromatic rings. The van der Waals surface area contributed by atoms with Gasteiger partial charge in [-0.05, 0) is 73.7 Å². The standard InChI is InChI=1S/C31H48O10/c1-29-9-7-18(40-28-27(38-4)26(37-3)25(35)22(14-32)41-28)12-17(29)5-6-20-19(29)8-10-30(2)24(16-11-23(34)39-15-16)21(33)13-31(20,30)36/h11,17-22,24-28,32-33,35-36H,5-10,12-15H2,1-4H3/t17?,18?,19-,20+,21?,22+,24-,25+,26-,27+,28+,29-,30+,31-/m0/s1. The van der Waals surface area contributed by atoms with Gasteiger partial charge in [-0.3, -0.25) is 0 Å². The number of cyclic esters (lactones) is 1. The number of aliphatic hydroxyl groups excluding tert-OH is 3. The molecule has 2 aliphatic heterocycles. The molecule has 14 atom stereocenters. The van der Waals surface area contributed by atoms with Gasteiger partial charge in [0.15, 0.2) is 6.29 Å². The van der Waals surface area contributed by atoms with E-state index in [1.165, 1.54) is 13.2 Å². The Hall–Kier alpha value is -1.11. The molecule has 0 aromatic heterocycles. The second-order valence-electron chi connectivity index (χ2n) is 14.1. The SMILES string of the molecule is CO[C@H]1[C@H](OC2CC[C@@]3(C)C(CC[C@@H]4[C@@H]3CC[C@]3(C)[C@@H](C5=CC(=O)OC5)C(O)C[C@]43O)C2)O[C@H](CO)[C@@H](O)[C@@H]1OC. The number of carbonyl (C=O) groups is 1. The van der Waals surface area contributed by atoms with E-state index in [0.717, 1.165) is 50.5 Å². The number of aliphatic hydroxyl groups is 4. The molecular formula is C31H48O10. The first-order valence-electron chi connectivity index (χ1n) is 15.4. The zero-order valence-corrected chi connectivity index (χ0v) is 24.7. The van der Waals surface area contributed by atoms with Crippen LogP contribution in [0, 0.1) is 34.5 Å². The van der Waals surface area contributed by atoms with Crippen LogP contribution in [0.4, 0.5) is 0 Å². The third-order valence-electron chi connectivity index (χ3n) is 12.6. The summed E-state index contributed by atoms with van der Waals surface area (Å²) in [5.41, 5.74) is -0.634. The fourth-order valence-corrected chi connectivity index (χ4v) is 10.4. The lowest BCUT2D eigenvalue weighted by molar-refractivity contribution is -0.323. The first-order valence-corrected chi connectivity index (χ1v) is 15.4. The maximum Gasteiger partial charge on any atom is 0.331 e. The second-order valence-corrected chi connectivity index (χ2v) is 14.1. The van der Waals surface area contributed by atoms with Crippen molar-refractivity contribution in [3.8, 4) is 0 Å². The average molecular weight is 581 g/mol. The fourth-order valence-electron chi connectivity index (χ4n) is 10.4. The Morgan fingerprint density at radius 3 is 2.44 bits per heavy atom. The van der Waals surface area contributed by atoms with Crippen molar-refractivity contribution < 1.29 is 48.9 Å². The second kappa shape index (κ2) is 10.8. The van der Waals surface area contributed by atoms with Crippen molar-refractivity contribution in [2.75, 3.05) is 27.4 Å². The number of ether oxygens (including phenoxy) is 5. The predicted molar refractivity (Wildman–Crippen MR) is 145 cm³/mol. The Bertz CT molecular complexity index is 1030. The topological polar surface area (TPSA) is 144 Å². The highest BCUT2D eigenvalue weighted by molar-refractivity contribution is 5.85. The molecule has 232 valence electrons. The van der Waals surface area contributed by atoms with E-state index >= 15 is 0 Å². The monoisotopic (exact) mass is 580 g/mol. The first kappa shape index (κ1) is 29.9. The van der Waals surface area contributed by atoms with Crippen LogP contribution in [0.2, 0.25) is 0 Å². The minimum atomic E-state index is -1.02. The number of hydrogen-bond donors (Lipinski definition) is 4. The van der Waals surface area contributed by atoms with Crippen LogP contribution in [-0.4, -0.2) is 102 Å². The van der Waals surface area contributed by atoms with Crippen molar-refractivity contribution in [1.82, 2.24) is 0 Å². The van der Waals surface area contributed by atoms with Crippen LogP contribution in [-0.2, 0) is 28.5 Å². The number of esters is 1. The largest absolute Gasteiger partial charge is 0.458 e. The molecule has 10 nitrogen and oxygen atoms in total. The molecule has 0 radical (unpaired) electrons. The molecule has 10 heteroatoms. The van der Waals surface area contributed by atoms with Crippen LogP contribution >= 0.6 is 0 Å². The van der Waals surface area contributed by atoms with Crippen LogP contribution in [0.3, 0.4) is 0 Å². The molecule has 3 unspecified atom stereocenters. The molecule has 6 aliphatic rings. The Kier molecular flexibility index (Phi) is 7.89. The fraction of sp³-hybridized carbons (Fsp3) is 0.903. The van der Waals surface area contributed by atoms with E-state index < -0.39 is 47.8 Å². The van der Waals surface area contributed by atoms with E-state index in [1.54, 1.807) is 7.11 Å². The quantitative estimate of drug-likeness (QED) is 0.271. The van der Waals surface area contributed by atoms with E-state index in [-0.39, 0.29) is 42.5 Å². The molecular weight excluding hydrogens is 532 g/mol. The van der Waals surface area contributed by atoms with Crippen LogP contribution in [0.25, 0.3) is 0 Å².